The molecule has 0 rings (SSSR count). The fourth-order valence-corrected chi connectivity index (χ4v) is 4.92. The second-order valence-corrected chi connectivity index (χ2v) is 10.2. The zero-order chi connectivity index (χ0) is 19.3. The van der Waals surface area contributed by atoms with E-state index in [2.05, 4.69) is 6.92 Å². The second kappa shape index (κ2) is 16.7. The van der Waals surface area contributed by atoms with Crippen LogP contribution in [0.2, 0.25) is 0 Å². The fraction of sp³-hybridized carbons (Fsp3) is 0.875. The molecule has 0 spiro atoms. The second-order valence-electron chi connectivity index (χ2n) is 6.01. The minimum atomic E-state index is -4.61. The summed E-state index contributed by atoms with van der Waals surface area (Å²) in [7, 11) is -4.61. The first kappa shape index (κ1) is 29.0. The summed E-state index contributed by atoms with van der Waals surface area (Å²) in [4.78, 5) is 42.0. The van der Waals surface area contributed by atoms with Gasteiger partial charge < -0.3 is 16.3 Å². The number of unbranched alkanes of at least 4 members (excludes halogenated alkanes) is 4. The molecule has 150 valence electrons. The van der Waals surface area contributed by atoms with Crippen LogP contribution in [0, 0.1) is 0 Å². The Morgan fingerprint density at radius 2 is 1.50 bits per heavy atom. The molecule has 0 aliphatic heterocycles. The summed E-state index contributed by atoms with van der Waals surface area (Å²) in [5.41, 5.74) is 0. The molecular weight excluding hydrogens is 390 g/mol. The molecule has 0 amide bonds. The molecule has 0 aliphatic carbocycles. The van der Waals surface area contributed by atoms with E-state index in [0.717, 1.165) is 62.0 Å². The molecule has 26 heavy (non-hydrogen) atoms. The molecule has 0 aromatic rings. The van der Waals surface area contributed by atoms with Crippen LogP contribution in [0.3, 0.4) is 0 Å². The van der Waals surface area contributed by atoms with E-state index in [-0.39, 0.29) is 42.7 Å². The summed E-state index contributed by atoms with van der Waals surface area (Å²) in [6, 6.07) is 0. The SMILES string of the molecule is CCCCCC(=O)SCC(CC(O)P(=O)(O)O)SC(=O)CCCCC.[H-].[Li+]. The Hall–Kier alpha value is 0.747. The summed E-state index contributed by atoms with van der Waals surface area (Å²) in [6.45, 7) is 4.09. The van der Waals surface area contributed by atoms with Crippen LogP contribution in [0.4, 0.5) is 0 Å². The molecular formula is C16H32LiO6PS2. The van der Waals surface area contributed by atoms with Crippen molar-refractivity contribution in [3.63, 3.8) is 0 Å². The third-order valence-electron chi connectivity index (χ3n) is 3.56. The van der Waals surface area contributed by atoms with Crippen LogP contribution in [0.15, 0.2) is 0 Å². The van der Waals surface area contributed by atoms with Crippen molar-refractivity contribution in [2.24, 2.45) is 0 Å². The molecule has 0 saturated heterocycles. The van der Waals surface area contributed by atoms with E-state index in [1.165, 1.54) is 0 Å². The number of carbonyl (C=O) groups is 2. The first-order chi connectivity index (χ1) is 11.7. The van der Waals surface area contributed by atoms with Crippen molar-refractivity contribution in [3.05, 3.63) is 0 Å². The van der Waals surface area contributed by atoms with Gasteiger partial charge in [-0.15, -0.1) is 0 Å². The fourth-order valence-electron chi connectivity index (χ4n) is 2.06. The van der Waals surface area contributed by atoms with Gasteiger partial charge in [0.05, 0.1) is 0 Å². The minimum absolute atomic E-state index is 0. The molecule has 0 aliphatic rings. The average Bonchev–Trinajstić information content (AvgIpc) is 2.52. The van der Waals surface area contributed by atoms with Crippen LogP contribution in [0.5, 0.6) is 0 Å². The van der Waals surface area contributed by atoms with Gasteiger partial charge in [0.25, 0.3) is 0 Å². The van der Waals surface area contributed by atoms with E-state index < -0.39 is 18.7 Å². The third-order valence-corrected chi connectivity index (χ3v) is 7.01. The standard InChI is InChI=1S/C16H31O6PS2.Li.H/c1-3-5-7-9-15(18)24-12-13(11-14(17)23(20,21)22)25-16(19)10-8-6-4-2;;/h13-14,17H,3-12H2,1-2H3,(H2,20,21,22);;/q;+1;-1. The van der Waals surface area contributed by atoms with Crippen molar-refractivity contribution < 1.29 is 49.3 Å². The van der Waals surface area contributed by atoms with Gasteiger partial charge >= 0.3 is 26.5 Å². The Labute approximate surface area is 178 Å². The van der Waals surface area contributed by atoms with E-state index in [1.54, 1.807) is 0 Å². The normalized spacial score (nSPS) is 13.7. The Balaban J connectivity index is -0.00000288. The summed E-state index contributed by atoms with van der Waals surface area (Å²) in [6.07, 6.45) is 6.21. The summed E-state index contributed by atoms with van der Waals surface area (Å²) < 4.78 is 11.2. The maximum absolute atomic E-state index is 12.0. The zero-order valence-electron chi connectivity index (χ0n) is 17.1. The van der Waals surface area contributed by atoms with Crippen LogP contribution < -0.4 is 18.9 Å². The van der Waals surface area contributed by atoms with Gasteiger partial charge in [0.15, 0.2) is 16.1 Å². The quantitative estimate of drug-likeness (QED) is 0.216. The van der Waals surface area contributed by atoms with Crippen molar-refractivity contribution >= 4 is 41.4 Å². The third kappa shape index (κ3) is 15.8. The van der Waals surface area contributed by atoms with Crippen LogP contribution >= 0.6 is 31.1 Å². The van der Waals surface area contributed by atoms with Gasteiger partial charge in [0, 0.05) is 23.8 Å². The smallest absolute Gasteiger partial charge is 1.00 e. The monoisotopic (exact) mass is 422 g/mol. The van der Waals surface area contributed by atoms with E-state index in [4.69, 9.17) is 9.79 Å². The Morgan fingerprint density at radius 3 is 1.96 bits per heavy atom. The molecule has 2 atom stereocenters. The van der Waals surface area contributed by atoms with Crippen molar-refractivity contribution in [1.82, 2.24) is 0 Å². The molecule has 0 aromatic heterocycles. The maximum atomic E-state index is 12.0. The van der Waals surface area contributed by atoms with E-state index >= 15 is 0 Å². The van der Waals surface area contributed by atoms with E-state index in [0.29, 0.717) is 12.8 Å². The molecule has 3 N–H and O–H groups in total. The van der Waals surface area contributed by atoms with Crippen LogP contribution in [-0.2, 0) is 14.2 Å². The summed E-state index contributed by atoms with van der Waals surface area (Å²) >= 11 is 2.08. The number of aliphatic hydroxyl groups excluding tert-OH is 1. The summed E-state index contributed by atoms with van der Waals surface area (Å²) in [5.74, 6) is -1.53. The van der Waals surface area contributed by atoms with Crippen molar-refractivity contribution in [1.29, 1.82) is 0 Å². The van der Waals surface area contributed by atoms with Crippen LogP contribution in [0.25, 0.3) is 0 Å². The van der Waals surface area contributed by atoms with Gasteiger partial charge in [-0.3, -0.25) is 14.2 Å². The molecule has 0 saturated carbocycles. The molecule has 0 bridgehead atoms. The zero-order valence-corrected chi connectivity index (χ0v) is 18.6. The molecule has 2 unspecified atom stereocenters. The predicted molar refractivity (Wildman–Crippen MR) is 106 cm³/mol. The molecule has 0 fully saturated rings. The Bertz CT molecular complexity index is 453. The minimum Gasteiger partial charge on any atom is -1.00 e. The Kier molecular flexibility index (Phi) is 18.6. The van der Waals surface area contributed by atoms with Gasteiger partial charge in [-0.2, -0.15) is 0 Å². The first-order valence-corrected chi connectivity index (χ1v) is 12.3. The number of hydrogen-bond acceptors (Lipinski definition) is 6. The average molecular weight is 422 g/mol. The molecule has 6 nitrogen and oxygen atoms in total. The predicted octanol–water partition coefficient (Wildman–Crippen LogP) is 1.04. The molecule has 0 radical (unpaired) electrons. The van der Waals surface area contributed by atoms with Crippen molar-refractivity contribution in [2.75, 3.05) is 5.75 Å². The van der Waals surface area contributed by atoms with Gasteiger partial charge in [-0.05, 0) is 19.3 Å². The van der Waals surface area contributed by atoms with Gasteiger partial charge in [0.2, 0.25) is 0 Å². The van der Waals surface area contributed by atoms with Crippen molar-refractivity contribution in [3.8, 4) is 0 Å². The van der Waals surface area contributed by atoms with E-state index in [9.17, 15) is 19.3 Å². The van der Waals surface area contributed by atoms with Gasteiger partial charge in [0.1, 0.15) is 0 Å². The van der Waals surface area contributed by atoms with Crippen LogP contribution in [0.1, 0.15) is 73.1 Å². The van der Waals surface area contributed by atoms with Gasteiger partial charge in [-0.1, -0.05) is 63.1 Å². The Morgan fingerprint density at radius 1 is 1.00 bits per heavy atom. The number of aliphatic hydroxyl groups is 1. The van der Waals surface area contributed by atoms with Crippen molar-refractivity contribution in [2.45, 2.75) is 82.7 Å². The van der Waals surface area contributed by atoms with Crippen LogP contribution in [-0.4, -0.2) is 42.0 Å². The molecule has 0 heterocycles. The number of rotatable bonds is 14. The topological polar surface area (TPSA) is 112 Å². The number of thioether (sulfide) groups is 2. The first-order valence-electron chi connectivity index (χ1n) is 8.79. The molecule has 10 heteroatoms. The maximum Gasteiger partial charge on any atom is 1.00 e. The van der Waals surface area contributed by atoms with Gasteiger partial charge in [-0.25, -0.2) is 0 Å². The largest absolute Gasteiger partial charge is 1.00 e. The number of hydrogen-bond donors (Lipinski definition) is 3. The molecule has 0 aromatic carbocycles. The number of carbonyl (C=O) groups excluding carboxylic acids is 2. The summed E-state index contributed by atoms with van der Waals surface area (Å²) in [5, 5.41) is 9.11. The van der Waals surface area contributed by atoms with E-state index in [1.807, 2.05) is 6.92 Å².